The first-order valence-electron chi connectivity index (χ1n) is 5.39. The highest BCUT2D eigenvalue weighted by Crippen LogP contribution is 2.10. The molecule has 0 amide bonds. The Labute approximate surface area is 98.9 Å². The Morgan fingerprint density at radius 3 is 2.94 bits per heavy atom. The minimum absolute atomic E-state index is 0.233. The quantitative estimate of drug-likeness (QED) is 0.879. The van der Waals surface area contributed by atoms with E-state index in [9.17, 15) is 4.39 Å². The predicted octanol–water partition coefficient (Wildman–Crippen LogP) is 2.51. The van der Waals surface area contributed by atoms with Gasteiger partial charge in [-0.05, 0) is 37.5 Å². The molecule has 0 bridgehead atoms. The normalized spacial score (nSPS) is 10.2. The molecular formula is C13H12FN3. The number of aryl methyl sites for hydroxylation is 3. The number of H-pyrrole nitrogens is 1. The fourth-order valence-electron chi connectivity index (χ4n) is 1.78. The number of imidazole rings is 1. The molecule has 86 valence electrons. The van der Waals surface area contributed by atoms with Crippen molar-refractivity contribution < 1.29 is 4.39 Å². The van der Waals surface area contributed by atoms with Gasteiger partial charge in [0.25, 0.3) is 0 Å². The summed E-state index contributed by atoms with van der Waals surface area (Å²) < 4.78 is 13.0. The molecule has 0 aliphatic carbocycles. The first-order chi connectivity index (χ1) is 8.19. The Bertz CT molecular complexity index is 566. The van der Waals surface area contributed by atoms with Crippen LogP contribution in [0.5, 0.6) is 0 Å². The first kappa shape index (κ1) is 11.3. The highest BCUT2D eigenvalue weighted by atomic mass is 19.1. The van der Waals surface area contributed by atoms with Crippen molar-refractivity contribution in [1.29, 1.82) is 5.26 Å². The van der Waals surface area contributed by atoms with Gasteiger partial charge < -0.3 is 4.98 Å². The van der Waals surface area contributed by atoms with Crippen molar-refractivity contribution in [2.24, 2.45) is 0 Å². The molecule has 1 N–H and O–H groups in total. The maximum Gasteiger partial charge on any atom is 0.161 e. The maximum absolute atomic E-state index is 13.0. The summed E-state index contributed by atoms with van der Waals surface area (Å²) in [5, 5.41) is 8.88. The smallest absolute Gasteiger partial charge is 0.161 e. The number of aromatic amines is 1. The van der Waals surface area contributed by atoms with Crippen molar-refractivity contribution in [2.45, 2.75) is 19.8 Å². The molecule has 0 radical (unpaired) electrons. The zero-order valence-corrected chi connectivity index (χ0v) is 9.50. The summed E-state index contributed by atoms with van der Waals surface area (Å²) in [5.74, 6) is 0.500. The lowest BCUT2D eigenvalue weighted by Gasteiger charge is -2.00. The molecule has 2 aromatic rings. The molecule has 0 aliphatic rings. The first-order valence-corrected chi connectivity index (χ1v) is 5.39. The summed E-state index contributed by atoms with van der Waals surface area (Å²) in [6.07, 6.45) is 1.35. The molecule has 0 unspecified atom stereocenters. The van der Waals surface area contributed by atoms with Crippen LogP contribution in [0.25, 0.3) is 0 Å². The largest absolute Gasteiger partial charge is 0.345 e. The molecule has 0 saturated heterocycles. The fourth-order valence-corrected chi connectivity index (χ4v) is 1.78. The van der Waals surface area contributed by atoms with Crippen LogP contribution in [0.15, 0.2) is 24.3 Å². The Morgan fingerprint density at radius 1 is 1.41 bits per heavy atom. The summed E-state index contributed by atoms with van der Waals surface area (Å²) in [6.45, 7) is 1.81. The number of benzene rings is 1. The summed E-state index contributed by atoms with van der Waals surface area (Å²) in [5.41, 5.74) is 2.16. The van der Waals surface area contributed by atoms with Gasteiger partial charge in [0, 0.05) is 0 Å². The van der Waals surface area contributed by atoms with E-state index in [-0.39, 0.29) is 5.82 Å². The van der Waals surface area contributed by atoms with E-state index in [1.807, 2.05) is 19.1 Å². The van der Waals surface area contributed by atoms with Crippen LogP contribution < -0.4 is 0 Å². The Hall–Kier alpha value is -2.15. The molecule has 4 heteroatoms. The van der Waals surface area contributed by atoms with Crippen LogP contribution in [0.2, 0.25) is 0 Å². The Morgan fingerprint density at radius 2 is 2.24 bits per heavy atom. The van der Waals surface area contributed by atoms with Crippen LogP contribution >= 0.6 is 0 Å². The molecule has 17 heavy (non-hydrogen) atoms. The lowest BCUT2D eigenvalue weighted by molar-refractivity contribution is 0.625. The Balaban J connectivity index is 2.10. The van der Waals surface area contributed by atoms with E-state index < -0.39 is 0 Å². The molecule has 1 aromatic carbocycles. The molecular weight excluding hydrogens is 217 g/mol. The molecule has 1 heterocycles. The van der Waals surface area contributed by atoms with Crippen LogP contribution in [-0.4, -0.2) is 9.97 Å². The fraction of sp³-hybridized carbons (Fsp3) is 0.231. The topological polar surface area (TPSA) is 52.5 Å². The highest BCUT2D eigenvalue weighted by molar-refractivity contribution is 5.28. The zero-order chi connectivity index (χ0) is 12.3. The van der Waals surface area contributed by atoms with Gasteiger partial charge in [0.2, 0.25) is 0 Å². The van der Waals surface area contributed by atoms with Gasteiger partial charge in [0.1, 0.15) is 17.7 Å². The lowest BCUT2D eigenvalue weighted by atomic mass is 10.1. The molecule has 0 aliphatic heterocycles. The van der Waals surface area contributed by atoms with E-state index in [1.54, 1.807) is 6.07 Å². The third-order valence-electron chi connectivity index (χ3n) is 2.56. The van der Waals surface area contributed by atoms with Crippen LogP contribution in [0.4, 0.5) is 4.39 Å². The molecule has 1 aromatic heterocycles. The average Bonchev–Trinajstić information content (AvgIpc) is 2.67. The second-order valence-electron chi connectivity index (χ2n) is 3.89. The van der Waals surface area contributed by atoms with Gasteiger partial charge in [-0.3, -0.25) is 0 Å². The van der Waals surface area contributed by atoms with Crippen molar-refractivity contribution >= 4 is 0 Å². The van der Waals surface area contributed by atoms with Gasteiger partial charge in [0.15, 0.2) is 5.69 Å². The minimum Gasteiger partial charge on any atom is -0.345 e. The van der Waals surface area contributed by atoms with E-state index in [0.29, 0.717) is 18.5 Å². The third-order valence-corrected chi connectivity index (χ3v) is 2.56. The summed E-state index contributed by atoms with van der Waals surface area (Å²) in [4.78, 5) is 7.12. The third kappa shape index (κ3) is 2.70. The SMILES string of the molecule is Cc1nc(C#N)c(CCc2cccc(F)c2)[nH]1. The van der Waals surface area contributed by atoms with Crippen LogP contribution in [0.1, 0.15) is 22.8 Å². The molecule has 0 fully saturated rings. The maximum atomic E-state index is 13.0. The van der Waals surface area contributed by atoms with E-state index >= 15 is 0 Å². The van der Waals surface area contributed by atoms with Gasteiger partial charge in [-0.2, -0.15) is 5.26 Å². The summed E-state index contributed by atoms with van der Waals surface area (Å²) in [6, 6.07) is 8.54. The number of rotatable bonds is 3. The minimum atomic E-state index is -0.233. The van der Waals surface area contributed by atoms with Gasteiger partial charge in [-0.1, -0.05) is 12.1 Å². The van der Waals surface area contributed by atoms with E-state index in [4.69, 9.17) is 5.26 Å². The lowest BCUT2D eigenvalue weighted by Crippen LogP contribution is -1.94. The van der Waals surface area contributed by atoms with Crippen molar-refractivity contribution in [3.63, 3.8) is 0 Å². The number of halogens is 1. The standard InChI is InChI=1S/C13H12FN3/c1-9-16-12(13(8-15)17-9)6-5-10-3-2-4-11(14)7-10/h2-4,7H,5-6H2,1H3,(H,16,17). The van der Waals surface area contributed by atoms with Gasteiger partial charge in [-0.15, -0.1) is 0 Å². The van der Waals surface area contributed by atoms with E-state index in [1.165, 1.54) is 12.1 Å². The monoisotopic (exact) mass is 229 g/mol. The Kier molecular flexibility index (Phi) is 3.20. The predicted molar refractivity (Wildman–Crippen MR) is 61.8 cm³/mol. The average molecular weight is 229 g/mol. The number of nitrogens with one attached hydrogen (secondary N) is 1. The summed E-state index contributed by atoms with van der Waals surface area (Å²) >= 11 is 0. The number of aromatic nitrogens is 2. The van der Waals surface area contributed by atoms with Crippen LogP contribution in [0, 0.1) is 24.1 Å². The van der Waals surface area contributed by atoms with Crippen molar-refractivity contribution in [1.82, 2.24) is 9.97 Å². The molecule has 0 saturated carbocycles. The van der Waals surface area contributed by atoms with Crippen molar-refractivity contribution in [3.05, 3.63) is 52.9 Å². The molecule has 0 atom stereocenters. The molecule has 3 nitrogen and oxygen atoms in total. The number of nitrogens with zero attached hydrogens (tertiary/aromatic N) is 2. The number of hydrogen-bond acceptors (Lipinski definition) is 2. The highest BCUT2D eigenvalue weighted by Gasteiger charge is 2.07. The second-order valence-corrected chi connectivity index (χ2v) is 3.89. The summed E-state index contributed by atoms with van der Waals surface area (Å²) in [7, 11) is 0. The van der Waals surface area contributed by atoms with Crippen LogP contribution in [-0.2, 0) is 12.8 Å². The number of nitriles is 1. The van der Waals surface area contributed by atoms with E-state index in [0.717, 1.165) is 17.1 Å². The zero-order valence-electron chi connectivity index (χ0n) is 9.50. The molecule has 0 spiro atoms. The van der Waals surface area contributed by atoms with E-state index in [2.05, 4.69) is 9.97 Å². The molecule has 2 rings (SSSR count). The number of hydrogen-bond donors (Lipinski definition) is 1. The van der Waals surface area contributed by atoms with Gasteiger partial charge >= 0.3 is 0 Å². The van der Waals surface area contributed by atoms with Crippen molar-refractivity contribution in [2.75, 3.05) is 0 Å². The van der Waals surface area contributed by atoms with Gasteiger partial charge in [0.05, 0.1) is 5.69 Å². The second kappa shape index (κ2) is 4.79. The van der Waals surface area contributed by atoms with Crippen LogP contribution in [0.3, 0.4) is 0 Å². The van der Waals surface area contributed by atoms with Gasteiger partial charge in [-0.25, -0.2) is 9.37 Å². The van der Waals surface area contributed by atoms with Crippen molar-refractivity contribution in [3.8, 4) is 6.07 Å².